The van der Waals surface area contributed by atoms with E-state index in [0.29, 0.717) is 4.90 Å². The molecule has 0 radical (unpaired) electrons. The van der Waals surface area contributed by atoms with Gasteiger partial charge in [0.2, 0.25) is 10.0 Å². The number of benzene rings is 2. The molecule has 0 heterocycles. The van der Waals surface area contributed by atoms with Crippen molar-refractivity contribution in [2.24, 2.45) is 0 Å². The second kappa shape index (κ2) is 3.80. The van der Waals surface area contributed by atoms with E-state index in [9.17, 15) is 8.42 Å². The molecule has 0 amide bonds. The molecule has 4 heteroatoms. The Morgan fingerprint density at radius 1 is 1.00 bits per heavy atom. The topological polar surface area (TPSA) is 37.4 Å². The highest BCUT2D eigenvalue weighted by Gasteiger charge is 2.23. The third-order valence-electron chi connectivity index (χ3n) is 3.60. The summed E-state index contributed by atoms with van der Waals surface area (Å²) in [7, 11) is -0.240. The lowest BCUT2D eigenvalue weighted by Gasteiger charge is -2.14. The average Bonchev–Trinajstić information content (AvgIpc) is 2.75. The van der Waals surface area contributed by atoms with E-state index < -0.39 is 10.0 Å². The molecule has 18 heavy (non-hydrogen) atoms. The molecule has 0 saturated carbocycles. The third-order valence-corrected chi connectivity index (χ3v) is 5.47. The quantitative estimate of drug-likeness (QED) is 0.831. The van der Waals surface area contributed by atoms with Crippen LogP contribution in [0, 0.1) is 0 Å². The average molecular weight is 261 g/mol. The fourth-order valence-corrected chi connectivity index (χ4v) is 3.72. The lowest BCUT2D eigenvalue weighted by Crippen LogP contribution is -2.22. The smallest absolute Gasteiger partial charge is 0.207 e. The van der Waals surface area contributed by atoms with Gasteiger partial charge in [0.25, 0.3) is 0 Å². The minimum atomic E-state index is -3.38. The summed E-state index contributed by atoms with van der Waals surface area (Å²) in [5.74, 6) is 0. The molecule has 3 nitrogen and oxygen atoms in total. The number of nitrogens with zero attached hydrogens (tertiary/aromatic N) is 1. The molecule has 2 aromatic rings. The Labute approximate surface area is 107 Å². The van der Waals surface area contributed by atoms with Crippen molar-refractivity contribution >= 4 is 20.8 Å². The number of hydrogen-bond donors (Lipinski definition) is 0. The second-order valence-corrected chi connectivity index (χ2v) is 6.97. The normalized spacial score (nSPS) is 14.6. The van der Waals surface area contributed by atoms with Crippen LogP contribution in [0.5, 0.6) is 0 Å². The van der Waals surface area contributed by atoms with Gasteiger partial charge in [0.1, 0.15) is 0 Å². The first kappa shape index (κ1) is 11.7. The van der Waals surface area contributed by atoms with Gasteiger partial charge in [-0.25, -0.2) is 12.7 Å². The van der Waals surface area contributed by atoms with Crippen molar-refractivity contribution in [3.05, 3.63) is 41.5 Å². The molecule has 1 aliphatic carbocycles. The summed E-state index contributed by atoms with van der Waals surface area (Å²) in [5.41, 5.74) is 2.52. The summed E-state index contributed by atoms with van der Waals surface area (Å²) in [6.45, 7) is 0. The number of aryl methyl sites for hydroxylation is 2. The Bertz CT molecular complexity index is 723. The van der Waals surface area contributed by atoms with E-state index in [1.807, 2.05) is 18.2 Å². The maximum Gasteiger partial charge on any atom is 0.243 e. The summed E-state index contributed by atoms with van der Waals surface area (Å²) >= 11 is 0. The first-order chi connectivity index (χ1) is 8.51. The highest BCUT2D eigenvalue weighted by atomic mass is 32.2. The molecule has 3 rings (SSSR count). The van der Waals surface area contributed by atoms with E-state index in [0.717, 1.165) is 23.6 Å². The fraction of sp³-hybridized carbons (Fsp3) is 0.286. The Morgan fingerprint density at radius 3 is 2.33 bits per heavy atom. The summed E-state index contributed by atoms with van der Waals surface area (Å²) < 4.78 is 25.9. The Kier molecular flexibility index (Phi) is 2.47. The number of rotatable bonds is 2. The molecule has 1 aliphatic rings. The van der Waals surface area contributed by atoms with Crippen molar-refractivity contribution in [3.63, 3.8) is 0 Å². The van der Waals surface area contributed by atoms with Crippen LogP contribution >= 0.6 is 0 Å². The predicted octanol–water partition coefficient (Wildman–Crippen LogP) is 2.19. The van der Waals surface area contributed by atoms with Gasteiger partial charge in [-0.3, -0.25) is 0 Å². The van der Waals surface area contributed by atoms with Gasteiger partial charge in [0.15, 0.2) is 0 Å². The molecule has 0 unspecified atom stereocenters. The van der Waals surface area contributed by atoms with Crippen molar-refractivity contribution in [2.75, 3.05) is 14.1 Å². The van der Waals surface area contributed by atoms with Gasteiger partial charge < -0.3 is 0 Å². The molecule has 94 valence electrons. The van der Waals surface area contributed by atoms with E-state index in [1.165, 1.54) is 15.4 Å². The standard InChI is InChI=1S/C14H15NO2S/c1-15(2)18(16,17)13-9-8-11-7-6-10-4-3-5-12(13)14(10)11/h3-5,8-9H,6-7H2,1-2H3. The van der Waals surface area contributed by atoms with E-state index in [-0.39, 0.29) is 0 Å². The van der Waals surface area contributed by atoms with Crippen LogP contribution in [0.25, 0.3) is 10.8 Å². The molecule has 0 spiro atoms. The molecule has 0 fully saturated rings. The largest absolute Gasteiger partial charge is 0.243 e. The van der Waals surface area contributed by atoms with Gasteiger partial charge in [0.05, 0.1) is 4.90 Å². The van der Waals surface area contributed by atoms with Gasteiger partial charge in [-0.1, -0.05) is 24.3 Å². The molecular formula is C14H15NO2S. The van der Waals surface area contributed by atoms with Crippen LogP contribution in [-0.2, 0) is 22.9 Å². The summed E-state index contributed by atoms with van der Waals surface area (Å²) in [4.78, 5) is 0.412. The van der Waals surface area contributed by atoms with Gasteiger partial charge >= 0.3 is 0 Å². The molecule has 0 aromatic heterocycles. The zero-order valence-electron chi connectivity index (χ0n) is 10.5. The van der Waals surface area contributed by atoms with E-state index in [1.54, 1.807) is 20.2 Å². The maximum atomic E-state index is 12.3. The highest BCUT2D eigenvalue weighted by Crippen LogP contribution is 2.34. The molecular weight excluding hydrogens is 246 g/mol. The molecule has 0 atom stereocenters. The van der Waals surface area contributed by atoms with Crippen molar-refractivity contribution in [1.29, 1.82) is 0 Å². The van der Waals surface area contributed by atoms with Crippen LogP contribution in [-0.4, -0.2) is 26.8 Å². The summed E-state index contributed by atoms with van der Waals surface area (Å²) in [6, 6.07) is 9.63. The summed E-state index contributed by atoms with van der Waals surface area (Å²) in [5, 5.41) is 2.00. The second-order valence-electron chi connectivity index (χ2n) is 4.85. The monoisotopic (exact) mass is 261 g/mol. The Hall–Kier alpha value is -1.39. The lowest BCUT2D eigenvalue weighted by atomic mass is 10.1. The first-order valence-corrected chi connectivity index (χ1v) is 7.42. The van der Waals surface area contributed by atoms with Gasteiger partial charge in [-0.15, -0.1) is 0 Å². The molecule has 0 bridgehead atoms. The van der Waals surface area contributed by atoms with Gasteiger partial charge in [0, 0.05) is 19.5 Å². The van der Waals surface area contributed by atoms with Gasteiger partial charge in [-0.2, -0.15) is 0 Å². The van der Waals surface area contributed by atoms with Crippen molar-refractivity contribution in [1.82, 2.24) is 4.31 Å². The first-order valence-electron chi connectivity index (χ1n) is 5.98. The SMILES string of the molecule is CN(C)S(=O)(=O)c1ccc2c3c(cccc13)CC2. The Morgan fingerprint density at radius 2 is 1.67 bits per heavy atom. The van der Waals surface area contributed by atoms with Crippen LogP contribution in [0.15, 0.2) is 35.2 Å². The minimum Gasteiger partial charge on any atom is -0.207 e. The van der Waals surface area contributed by atoms with Crippen molar-refractivity contribution < 1.29 is 8.42 Å². The lowest BCUT2D eigenvalue weighted by molar-refractivity contribution is 0.521. The van der Waals surface area contributed by atoms with Crippen LogP contribution in [0.3, 0.4) is 0 Å². The maximum absolute atomic E-state index is 12.3. The van der Waals surface area contributed by atoms with Crippen molar-refractivity contribution in [2.45, 2.75) is 17.7 Å². The van der Waals surface area contributed by atoms with E-state index in [2.05, 4.69) is 6.07 Å². The zero-order valence-corrected chi connectivity index (χ0v) is 11.3. The fourth-order valence-electron chi connectivity index (χ4n) is 2.64. The summed E-state index contributed by atoms with van der Waals surface area (Å²) in [6.07, 6.45) is 2.02. The predicted molar refractivity (Wildman–Crippen MR) is 72.2 cm³/mol. The van der Waals surface area contributed by atoms with Crippen molar-refractivity contribution in [3.8, 4) is 0 Å². The third kappa shape index (κ3) is 1.49. The molecule has 2 aromatic carbocycles. The van der Waals surface area contributed by atoms with Crippen LogP contribution in [0.2, 0.25) is 0 Å². The van der Waals surface area contributed by atoms with Crippen LogP contribution in [0.1, 0.15) is 11.1 Å². The number of sulfonamides is 1. The molecule has 0 N–H and O–H groups in total. The highest BCUT2D eigenvalue weighted by molar-refractivity contribution is 7.89. The van der Waals surface area contributed by atoms with E-state index >= 15 is 0 Å². The zero-order chi connectivity index (χ0) is 12.9. The number of hydrogen-bond acceptors (Lipinski definition) is 2. The van der Waals surface area contributed by atoms with Gasteiger partial charge in [-0.05, 0) is 35.4 Å². The van der Waals surface area contributed by atoms with Crippen LogP contribution in [0.4, 0.5) is 0 Å². The molecule has 0 aliphatic heterocycles. The Balaban J connectivity index is 2.41. The minimum absolute atomic E-state index is 0.412. The molecule has 0 saturated heterocycles. The van der Waals surface area contributed by atoms with Crippen LogP contribution < -0.4 is 0 Å². The van der Waals surface area contributed by atoms with E-state index in [4.69, 9.17) is 0 Å².